The van der Waals surface area contributed by atoms with Gasteiger partial charge in [-0.15, -0.1) is 0 Å². The van der Waals surface area contributed by atoms with Crippen molar-refractivity contribution in [3.05, 3.63) is 93.0 Å². The molecule has 1 N–H and O–H groups in total. The monoisotopic (exact) mass is 603 g/mol. The van der Waals surface area contributed by atoms with Gasteiger partial charge in [0.05, 0.1) is 10.6 Å². The number of amides is 2. The molecule has 0 saturated heterocycles. The fraction of sp³-hybridized carbons (Fsp3) is 0.333. The summed E-state index contributed by atoms with van der Waals surface area (Å²) in [5.74, 6) is -0.901. The van der Waals surface area contributed by atoms with Crippen LogP contribution in [-0.4, -0.2) is 44.3 Å². The highest BCUT2D eigenvalue weighted by Gasteiger charge is 2.33. The highest BCUT2D eigenvalue weighted by molar-refractivity contribution is 7.92. The zero-order valence-corrected chi connectivity index (χ0v) is 25.7. The van der Waals surface area contributed by atoms with Crippen molar-refractivity contribution < 1.29 is 18.0 Å². The Labute approximate surface area is 247 Å². The van der Waals surface area contributed by atoms with Crippen LogP contribution in [0.25, 0.3) is 0 Å². The molecule has 1 atom stereocenters. The largest absolute Gasteiger partial charge is 0.354 e. The summed E-state index contributed by atoms with van der Waals surface area (Å²) in [4.78, 5) is 28.4. The van der Waals surface area contributed by atoms with Gasteiger partial charge in [-0.3, -0.25) is 13.9 Å². The van der Waals surface area contributed by atoms with Gasteiger partial charge in [0.15, 0.2) is 0 Å². The van der Waals surface area contributed by atoms with Gasteiger partial charge in [-0.2, -0.15) is 0 Å². The lowest BCUT2D eigenvalue weighted by Crippen LogP contribution is -2.51. The average Bonchev–Trinajstić information content (AvgIpc) is 2.91. The average molecular weight is 605 g/mol. The number of sulfonamides is 1. The summed E-state index contributed by atoms with van der Waals surface area (Å²) >= 11 is 12.5. The Morgan fingerprint density at radius 3 is 2.27 bits per heavy atom. The van der Waals surface area contributed by atoms with E-state index in [4.69, 9.17) is 23.2 Å². The summed E-state index contributed by atoms with van der Waals surface area (Å²) in [6, 6.07) is 15.8. The SMILES string of the molecule is CCCNC(=O)C(C)N(Cc1ccc(Cl)cc1Cl)C(=O)CN(c1cccc(C)c1C)S(=O)(=O)c1ccc(C)cc1. The molecule has 1 unspecified atom stereocenters. The first-order valence-corrected chi connectivity index (χ1v) is 15.2. The third-order valence-electron chi connectivity index (χ3n) is 6.80. The zero-order chi connectivity index (χ0) is 29.6. The first kappa shape index (κ1) is 31.5. The van der Waals surface area contributed by atoms with Crippen LogP contribution < -0.4 is 9.62 Å². The van der Waals surface area contributed by atoms with E-state index in [1.807, 2.05) is 33.8 Å². The van der Waals surface area contributed by atoms with Crippen molar-refractivity contribution in [2.45, 2.75) is 58.5 Å². The second-order valence-electron chi connectivity index (χ2n) is 9.77. The van der Waals surface area contributed by atoms with Crippen molar-refractivity contribution in [3.63, 3.8) is 0 Å². The Morgan fingerprint density at radius 2 is 1.65 bits per heavy atom. The van der Waals surface area contributed by atoms with Crippen LogP contribution in [0.3, 0.4) is 0 Å². The van der Waals surface area contributed by atoms with E-state index in [1.165, 1.54) is 17.0 Å². The minimum absolute atomic E-state index is 0.0131. The van der Waals surface area contributed by atoms with Crippen LogP contribution >= 0.6 is 23.2 Å². The molecule has 0 fully saturated rings. The van der Waals surface area contributed by atoms with Gasteiger partial charge < -0.3 is 10.2 Å². The summed E-state index contributed by atoms with van der Waals surface area (Å²) < 4.78 is 29.1. The second-order valence-corrected chi connectivity index (χ2v) is 12.5. The van der Waals surface area contributed by atoms with Crippen molar-refractivity contribution in [2.24, 2.45) is 0 Å². The lowest BCUT2D eigenvalue weighted by molar-refractivity contribution is -0.139. The van der Waals surface area contributed by atoms with E-state index < -0.39 is 28.5 Å². The van der Waals surface area contributed by atoms with Crippen LogP contribution in [0, 0.1) is 20.8 Å². The van der Waals surface area contributed by atoms with Gasteiger partial charge in [0.2, 0.25) is 11.8 Å². The Hall–Kier alpha value is -3.07. The minimum atomic E-state index is -4.14. The van der Waals surface area contributed by atoms with Crippen molar-refractivity contribution in [1.82, 2.24) is 10.2 Å². The fourth-order valence-corrected chi connectivity index (χ4v) is 6.11. The molecule has 0 radical (unpaired) electrons. The summed E-state index contributed by atoms with van der Waals surface area (Å²) in [6.07, 6.45) is 0.727. The minimum Gasteiger partial charge on any atom is -0.354 e. The number of nitrogens with zero attached hydrogens (tertiary/aromatic N) is 2. The maximum atomic E-state index is 14.0. The second kappa shape index (κ2) is 13.5. The zero-order valence-electron chi connectivity index (χ0n) is 23.4. The number of anilines is 1. The number of carbonyl (C=O) groups excluding carboxylic acids is 2. The highest BCUT2D eigenvalue weighted by Crippen LogP contribution is 2.30. The normalized spacial score (nSPS) is 12.1. The van der Waals surface area contributed by atoms with Crippen molar-refractivity contribution in [2.75, 3.05) is 17.4 Å². The molecule has 0 spiro atoms. The Morgan fingerprint density at radius 1 is 0.975 bits per heavy atom. The smallest absolute Gasteiger partial charge is 0.264 e. The molecule has 0 aliphatic carbocycles. The third kappa shape index (κ3) is 7.36. The van der Waals surface area contributed by atoms with Gasteiger partial charge in [-0.1, -0.05) is 66.0 Å². The number of aryl methyl sites for hydroxylation is 2. The summed E-state index contributed by atoms with van der Waals surface area (Å²) in [7, 11) is -4.14. The van der Waals surface area contributed by atoms with E-state index in [2.05, 4.69) is 5.32 Å². The Kier molecular flexibility index (Phi) is 10.6. The predicted molar refractivity (Wildman–Crippen MR) is 161 cm³/mol. The number of hydrogen-bond acceptors (Lipinski definition) is 4. The van der Waals surface area contributed by atoms with E-state index in [9.17, 15) is 18.0 Å². The molecule has 40 heavy (non-hydrogen) atoms. The number of nitrogens with one attached hydrogen (secondary N) is 1. The van der Waals surface area contributed by atoms with Crippen LogP contribution in [0.2, 0.25) is 10.0 Å². The first-order valence-electron chi connectivity index (χ1n) is 13.0. The van der Waals surface area contributed by atoms with Crippen LogP contribution in [0.15, 0.2) is 65.6 Å². The van der Waals surface area contributed by atoms with Gasteiger partial charge in [-0.05, 0) is 81.1 Å². The molecule has 0 aromatic heterocycles. The van der Waals surface area contributed by atoms with Gasteiger partial charge in [0, 0.05) is 23.1 Å². The van der Waals surface area contributed by atoms with E-state index in [0.29, 0.717) is 27.8 Å². The summed E-state index contributed by atoms with van der Waals surface area (Å²) in [6.45, 7) is 9.03. The third-order valence-corrected chi connectivity index (χ3v) is 9.17. The number of benzene rings is 3. The summed E-state index contributed by atoms with van der Waals surface area (Å²) in [5, 5.41) is 3.60. The number of hydrogen-bond donors (Lipinski definition) is 1. The molecule has 0 heterocycles. The molecule has 10 heteroatoms. The molecule has 0 saturated carbocycles. The molecule has 3 rings (SSSR count). The maximum absolute atomic E-state index is 14.0. The van der Waals surface area contributed by atoms with Gasteiger partial charge in [0.1, 0.15) is 12.6 Å². The number of halogens is 2. The van der Waals surface area contributed by atoms with Crippen LogP contribution in [0.5, 0.6) is 0 Å². The van der Waals surface area contributed by atoms with Gasteiger partial charge in [-0.25, -0.2) is 8.42 Å². The molecule has 214 valence electrons. The topological polar surface area (TPSA) is 86.8 Å². The number of rotatable bonds is 11. The summed E-state index contributed by atoms with van der Waals surface area (Å²) in [5.41, 5.74) is 3.49. The molecule has 0 bridgehead atoms. The van der Waals surface area contributed by atoms with E-state index in [0.717, 1.165) is 27.4 Å². The molecule has 0 aliphatic rings. The van der Waals surface area contributed by atoms with Gasteiger partial charge in [0.25, 0.3) is 10.0 Å². The fourth-order valence-electron chi connectivity index (χ4n) is 4.17. The lowest BCUT2D eigenvalue weighted by Gasteiger charge is -2.32. The Bertz CT molecular complexity index is 1480. The van der Waals surface area contributed by atoms with Crippen molar-refractivity contribution in [3.8, 4) is 0 Å². The predicted octanol–water partition coefficient (Wildman–Crippen LogP) is 6.06. The molecule has 3 aromatic rings. The molecular formula is C30H35Cl2N3O4S. The number of carbonyl (C=O) groups is 2. The van der Waals surface area contributed by atoms with E-state index in [1.54, 1.807) is 49.4 Å². The molecule has 3 aromatic carbocycles. The molecule has 7 nitrogen and oxygen atoms in total. The van der Waals surface area contributed by atoms with Crippen molar-refractivity contribution >= 4 is 50.7 Å². The maximum Gasteiger partial charge on any atom is 0.264 e. The Balaban J connectivity index is 2.08. The van der Waals surface area contributed by atoms with E-state index in [-0.39, 0.29) is 17.3 Å². The molecule has 2 amide bonds. The van der Waals surface area contributed by atoms with E-state index >= 15 is 0 Å². The quantitative estimate of drug-likeness (QED) is 0.289. The first-order chi connectivity index (χ1) is 18.9. The van der Waals surface area contributed by atoms with Crippen LogP contribution in [0.1, 0.15) is 42.5 Å². The highest BCUT2D eigenvalue weighted by atomic mass is 35.5. The molecular weight excluding hydrogens is 569 g/mol. The van der Waals surface area contributed by atoms with Gasteiger partial charge >= 0.3 is 0 Å². The molecule has 0 aliphatic heterocycles. The van der Waals surface area contributed by atoms with Crippen LogP contribution in [0.4, 0.5) is 5.69 Å². The lowest BCUT2D eigenvalue weighted by atomic mass is 10.1. The van der Waals surface area contributed by atoms with Crippen molar-refractivity contribution in [1.29, 1.82) is 0 Å². The van der Waals surface area contributed by atoms with Crippen LogP contribution in [-0.2, 0) is 26.2 Å². The standard InChI is InChI=1S/C30H35Cl2N3O4S/c1-6-16-33-30(37)23(5)34(18-24-12-13-25(31)17-27(24)32)29(36)19-35(28-9-7-8-21(3)22(28)4)40(38,39)26-14-10-20(2)11-15-26/h7-15,17,23H,6,16,18-19H2,1-5H3,(H,33,37).